The van der Waals surface area contributed by atoms with E-state index in [0.29, 0.717) is 5.82 Å². The molecule has 1 aromatic carbocycles. The fraction of sp³-hybridized carbons (Fsp3) is 0.143. The number of aromatic nitrogens is 2. The molecule has 5 nitrogen and oxygen atoms in total. The van der Waals surface area contributed by atoms with Crippen LogP contribution in [-0.2, 0) is 11.2 Å². The maximum absolute atomic E-state index is 11.9. The molecule has 19 heavy (non-hydrogen) atoms. The first kappa shape index (κ1) is 11.5. The number of carbonyl (C=O) groups is 1. The number of carbonyl (C=O) groups excluding carboxylic acids is 1. The molecular weight excluding hydrogens is 242 g/mol. The smallest absolute Gasteiger partial charge is 0.230 e. The van der Waals surface area contributed by atoms with E-state index in [4.69, 9.17) is 4.42 Å². The van der Waals surface area contributed by atoms with Gasteiger partial charge in [-0.1, -0.05) is 18.2 Å². The Morgan fingerprint density at radius 2 is 2.26 bits per heavy atom. The number of anilines is 1. The van der Waals surface area contributed by atoms with E-state index in [2.05, 4.69) is 15.5 Å². The lowest BCUT2D eigenvalue weighted by Crippen LogP contribution is -2.14. The van der Waals surface area contributed by atoms with Crippen LogP contribution in [0.15, 0.2) is 41.0 Å². The zero-order valence-electron chi connectivity index (χ0n) is 10.4. The predicted molar refractivity (Wildman–Crippen MR) is 71.9 cm³/mol. The Morgan fingerprint density at radius 3 is 3.05 bits per heavy atom. The number of nitrogens with one attached hydrogen (secondary N) is 2. The number of fused-ring (bicyclic) bond motifs is 1. The molecule has 0 radical (unpaired) electrons. The number of aryl methyl sites for hydroxylation is 1. The number of H-pyrrole nitrogens is 1. The maximum atomic E-state index is 11.9. The van der Waals surface area contributed by atoms with E-state index in [0.717, 1.165) is 22.2 Å². The monoisotopic (exact) mass is 255 g/mol. The first-order valence-corrected chi connectivity index (χ1v) is 5.99. The highest BCUT2D eigenvalue weighted by molar-refractivity contribution is 5.94. The van der Waals surface area contributed by atoms with Gasteiger partial charge in [0.1, 0.15) is 5.58 Å². The molecule has 0 unspecified atom stereocenters. The van der Waals surface area contributed by atoms with Gasteiger partial charge in [-0.25, -0.2) is 0 Å². The SMILES string of the molecule is Cc1cc(NC(=O)Cc2coc3ccccc23)n[nH]1. The van der Waals surface area contributed by atoms with Crippen LogP contribution in [0.2, 0.25) is 0 Å². The Labute approximate surface area is 109 Å². The van der Waals surface area contributed by atoms with Gasteiger partial charge in [-0.3, -0.25) is 9.89 Å². The van der Waals surface area contributed by atoms with E-state index in [1.165, 1.54) is 0 Å². The van der Waals surface area contributed by atoms with Gasteiger partial charge in [0, 0.05) is 22.7 Å². The van der Waals surface area contributed by atoms with Crippen LogP contribution < -0.4 is 5.32 Å². The van der Waals surface area contributed by atoms with Crippen molar-refractivity contribution < 1.29 is 9.21 Å². The van der Waals surface area contributed by atoms with Gasteiger partial charge in [-0.2, -0.15) is 5.10 Å². The van der Waals surface area contributed by atoms with Crippen LogP contribution in [-0.4, -0.2) is 16.1 Å². The largest absolute Gasteiger partial charge is 0.464 e. The molecule has 96 valence electrons. The number of rotatable bonds is 3. The average Bonchev–Trinajstić information content (AvgIpc) is 2.97. The Kier molecular flexibility index (Phi) is 2.79. The molecule has 0 atom stereocenters. The van der Waals surface area contributed by atoms with Crippen LogP contribution in [0.25, 0.3) is 11.0 Å². The third-order valence-electron chi connectivity index (χ3n) is 2.89. The summed E-state index contributed by atoms with van der Waals surface area (Å²) < 4.78 is 5.40. The van der Waals surface area contributed by atoms with Gasteiger partial charge in [0.15, 0.2) is 5.82 Å². The lowest BCUT2D eigenvalue weighted by atomic mass is 10.1. The summed E-state index contributed by atoms with van der Waals surface area (Å²) in [6, 6.07) is 9.44. The minimum absolute atomic E-state index is 0.113. The van der Waals surface area contributed by atoms with Crippen molar-refractivity contribution >= 4 is 22.7 Å². The topological polar surface area (TPSA) is 70.9 Å². The summed E-state index contributed by atoms with van der Waals surface area (Å²) in [6.07, 6.45) is 1.89. The Hall–Kier alpha value is -2.56. The second kappa shape index (κ2) is 4.61. The summed E-state index contributed by atoms with van der Waals surface area (Å²) in [5.74, 6) is 0.424. The van der Waals surface area contributed by atoms with Crippen LogP contribution in [0.5, 0.6) is 0 Å². The molecule has 2 aromatic heterocycles. The van der Waals surface area contributed by atoms with Crippen molar-refractivity contribution in [2.45, 2.75) is 13.3 Å². The van der Waals surface area contributed by atoms with Gasteiger partial charge < -0.3 is 9.73 Å². The predicted octanol–water partition coefficient (Wildman–Crippen LogP) is 2.65. The summed E-state index contributed by atoms with van der Waals surface area (Å²) in [6.45, 7) is 1.88. The Balaban J connectivity index is 1.76. The molecule has 0 bridgehead atoms. The molecule has 3 rings (SSSR count). The summed E-state index contributed by atoms with van der Waals surface area (Å²) in [4.78, 5) is 11.9. The second-order valence-corrected chi connectivity index (χ2v) is 4.42. The number of amides is 1. The summed E-state index contributed by atoms with van der Waals surface area (Å²) in [5, 5.41) is 10.5. The van der Waals surface area contributed by atoms with E-state index >= 15 is 0 Å². The molecule has 0 aliphatic heterocycles. The van der Waals surface area contributed by atoms with Gasteiger partial charge in [0.2, 0.25) is 5.91 Å². The molecule has 5 heteroatoms. The molecule has 0 saturated carbocycles. The van der Waals surface area contributed by atoms with Crippen LogP contribution in [0, 0.1) is 6.92 Å². The lowest BCUT2D eigenvalue weighted by Gasteiger charge is -2.00. The molecule has 0 spiro atoms. The Morgan fingerprint density at radius 1 is 1.42 bits per heavy atom. The first-order chi connectivity index (χ1) is 9.22. The maximum Gasteiger partial charge on any atom is 0.230 e. The first-order valence-electron chi connectivity index (χ1n) is 5.99. The van der Waals surface area contributed by atoms with Crippen LogP contribution in [0.4, 0.5) is 5.82 Å². The third-order valence-corrected chi connectivity index (χ3v) is 2.89. The molecular formula is C14H13N3O2. The lowest BCUT2D eigenvalue weighted by molar-refractivity contribution is -0.115. The van der Waals surface area contributed by atoms with Crippen LogP contribution in [0.3, 0.4) is 0 Å². The van der Waals surface area contributed by atoms with E-state index in [1.807, 2.05) is 31.2 Å². The van der Waals surface area contributed by atoms with Gasteiger partial charge in [0.05, 0.1) is 12.7 Å². The minimum atomic E-state index is -0.113. The van der Waals surface area contributed by atoms with Crippen molar-refractivity contribution in [3.63, 3.8) is 0 Å². The van der Waals surface area contributed by atoms with Gasteiger partial charge >= 0.3 is 0 Å². The zero-order chi connectivity index (χ0) is 13.2. The second-order valence-electron chi connectivity index (χ2n) is 4.42. The quantitative estimate of drug-likeness (QED) is 0.755. The minimum Gasteiger partial charge on any atom is -0.464 e. The summed E-state index contributed by atoms with van der Waals surface area (Å²) in [7, 11) is 0. The molecule has 0 aliphatic rings. The van der Waals surface area contributed by atoms with Crippen LogP contribution in [0.1, 0.15) is 11.3 Å². The normalized spacial score (nSPS) is 10.8. The van der Waals surface area contributed by atoms with Gasteiger partial charge in [-0.05, 0) is 13.0 Å². The van der Waals surface area contributed by atoms with Crippen molar-refractivity contribution in [1.29, 1.82) is 0 Å². The highest BCUT2D eigenvalue weighted by Crippen LogP contribution is 2.21. The molecule has 3 aromatic rings. The molecule has 0 fully saturated rings. The highest BCUT2D eigenvalue weighted by atomic mass is 16.3. The van der Waals surface area contributed by atoms with Crippen molar-refractivity contribution in [3.8, 4) is 0 Å². The van der Waals surface area contributed by atoms with Crippen molar-refractivity contribution in [2.24, 2.45) is 0 Å². The van der Waals surface area contributed by atoms with E-state index in [-0.39, 0.29) is 12.3 Å². The molecule has 1 amide bonds. The number of furan rings is 1. The standard InChI is InChI=1S/C14H13N3O2/c1-9-6-13(17-16-9)15-14(18)7-10-8-19-12-5-3-2-4-11(10)12/h2-6,8H,7H2,1H3,(H2,15,16,17,18). The molecule has 2 N–H and O–H groups in total. The molecule has 0 aliphatic carbocycles. The summed E-state index contributed by atoms with van der Waals surface area (Å²) in [5.41, 5.74) is 2.57. The van der Waals surface area contributed by atoms with Crippen molar-refractivity contribution in [1.82, 2.24) is 10.2 Å². The number of nitrogens with zero attached hydrogens (tertiary/aromatic N) is 1. The fourth-order valence-electron chi connectivity index (χ4n) is 2.01. The highest BCUT2D eigenvalue weighted by Gasteiger charge is 2.11. The number of hydrogen-bond donors (Lipinski definition) is 2. The van der Waals surface area contributed by atoms with E-state index < -0.39 is 0 Å². The Bertz CT molecular complexity index is 727. The third kappa shape index (κ3) is 2.35. The van der Waals surface area contributed by atoms with Gasteiger partial charge in [-0.15, -0.1) is 0 Å². The molecule has 0 saturated heterocycles. The summed E-state index contributed by atoms with van der Waals surface area (Å²) >= 11 is 0. The fourth-order valence-corrected chi connectivity index (χ4v) is 2.01. The van der Waals surface area contributed by atoms with E-state index in [9.17, 15) is 4.79 Å². The number of para-hydroxylation sites is 1. The van der Waals surface area contributed by atoms with Crippen molar-refractivity contribution in [3.05, 3.63) is 47.9 Å². The molecule has 2 heterocycles. The van der Waals surface area contributed by atoms with E-state index in [1.54, 1.807) is 12.3 Å². The zero-order valence-corrected chi connectivity index (χ0v) is 10.4. The van der Waals surface area contributed by atoms with Crippen molar-refractivity contribution in [2.75, 3.05) is 5.32 Å². The number of benzene rings is 1. The number of aromatic amines is 1. The van der Waals surface area contributed by atoms with Crippen LogP contribution >= 0.6 is 0 Å². The average molecular weight is 255 g/mol. The van der Waals surface area contributed by atoms with Gasteiger partial charge in [0.25, 0.3) is 0 Å². The number of hydrogen-bond acceptors (Lipinski definition) is 3.